The van der Waals surface area contributed by atoms with Gasteiger partial charge in [-0.15, -0.1) is 0 Å². The van der Waals surface area contributed by atoms with Crippen LogP contribution in [0.3, 0.4) is 0 Å². The molecule has 0 saturated heterocycles. The van der Waals surface area contributed by atoms with E-state index in [9.17, 15) is 34.8 Å². The summed E-state index contributed by atoms with van der Waals surface area (Å²) in [4.78, 5) is 42.8. The number of hydrogen-bond acceptors (Lipinski definition) is 9. The number of amides is 1. The van der Waals surface area contributed by atoms with Gasteiger partial charge in [0.1, 0.15) is 22.8 Å². The third-order valence-corrected chi connectivity index (χ3v) is 8.59. The summed E-state index contributed by atoms with van der Waals surface area (Å²) in [6, 6.07) is 7.41. The fraction of sp³-hybridized carbons (Fsp3) is 0.345. The van der Waals surface area contributed by atoms with E-state index in [-0.39, 0.29) is 29.7 Å². The van der Waals surface area contributed by atoms with E-state index in [1.807, 2.05) is 19.0 Å². The zero-order valence-electron chi connectivity index (χ0n) is 22.4. The Balaban J connectivity index is 1.77. The van der Waals surface area contributed by atoms with Gasteiger partial charge in [0, 0.05) is 41.9 Å². The van der Waals surface area contributed by atoms with Gasteiger partial charge in [-0.2, -0.15) is 0 Å². The Labute approximate surface area is 235 Å². The molecule has 210 valence electrons. The summed E-state index contributed by atoms with van der Waals surface area (Å²) in [6.07, 6.45) is 0.231. The smallest absolute Gasteiger partial charge is 0.255 e. The summed E-state index contributed by atoms with van der Waals surface area (Å²) in [5.41, 5.74) is 3.98. The summed E-state index contributed by atoms with van der Waals surface area (Å²) < 4.78 is 0. The lowest BCUT2D eigenvalue weighted by Crippen LogP contribution is -2.65. The van der Waals surface area contributed by atoms with Crippen molar-refractivity contribution in [1.29, 1.82) is 0 Å². The fourth-order valence-electron chi connectivity index (χ4n) is 6.54. The first-order valence-corrected chi connectivity index (χ1v) is 13.1. The van der Waals surface area contributed by atoms with Gasteiger partial charge < -0.3 is 31.1 Å². The van der Waals surface area contributed by atoms with Crippen LogP contribution >= 0.6 is 11.6 Å². The lowest BCUT2D eigenvalue weighted by molar-refractivity contribution is -0.153. The van der Waals surface area contributed by atoms with E-state index in [1.165, 1.54) is 4.90 Å². The Bertz CT molecular complexity index is 1540. The van der Waals surface area contributed by atoms with Gasteiger partial charge in [0.2, 0.25) is 5.78 Å². The third kappa shape index (κ3) is 3.74. The lowest BCUT2D eigenvalue weighted by atomic mass is 9.57. The molecule has 1 saturated carbocycles. The minimum absolute atomic E-state index is 0.0261. The number of ketones is 2. The van der Waals surface area contributed by atoms with Gasteiger partial charge in [0.25, 0.3) is 5.91 Å². The average molecular weight is 568 g/mol. The van der Waals surface area contributed by atoms with Crippen LogP contribution in [0.5, 0.6) is 5.75 Å². The number of aliphatic hydroxyl groups is 3. The predicted molar refractivity (Wildman–Crippen MR) is 149 cm³/mol. The summed E-state index contributed by atoms with van der Waals surface area (Å²) in [6.45, 7) is 0. The van der Waals surface area contributed by atoms with Crippen LogP contribution in [0.15, 0.2) is 47.2 Å². The van der Waals surface area contributed by atoms with Crippen molar-refractivity contribution in [2.75, 3.05) is 33.1 Å². The molecule has 2 aromatic rings. The molecule has 4 atom stereocenters. The first kappa shape index (κ1) is 27.7. The number of nitrogens with two attached hydrogens (primary N) is 1. The number of aromatic hydroxyl groups is 1. The van der Waals surface area contributed by atoms with Crippen molar-refractivity contribution in [2.45, 2.75) is 24.5 Å². The number of anilines is 1. The van der Waals surface area contributed by atoms with Gasteiger partial charge in [0.15, 0.2) is 11.4 Å². The van der Waals surface area contributed by atoms with Crippen LogP contribution in [0.25, 0.3) is 16.9 Å². The number of phenols is 1. The molecule has 1 fully saturated rings. The van der Waals surface area contributed by atoms with Gasteiger partial charge in [-0.3, -0.25) is 19.3 Å². The second-order valence-corrected chi connectivity index (χ2v) is 11.4. The van der Waals surface area contributed by atoms with Crippen molar-refractivity contribution in [2.24, 2.45) is 17.6 Å². The lowest BCUT2D eigenvalue weighted by Gasteiger charge is -2.50. The molecule has 0 heterocycles. The van der Waals surface area contributed by atoms with E-state index in [0.717, 1.165) is 0 Å². The molecule has 1 amide bonds. The summed E-state index contributed by atoms with van der Waals surface area (Å²) in [7, 11) is 6.76. The van der Waals surface area contributed by atoms with Crippen molar-refractivity contribution < 1.29 is 34.8 Å². The quantitative estimate of drug-likeness (QED) is 0.349. The Kier molecular flexibility index (Phi) is 6.48. The van der Waals surface area contributed by atoms with Crippen LogP contribution in [0.2, 0.25) is 5.02 Å². The number of fused-ring (bicyclic) bond motifs is 3. The average Bonchev–Trinajstić information content (AvgIpc) is 2.86. The number of aliphatic hydroxyl groups excluding tert-OH is 2. The molecule has 0 bridgehead atoms. The monoisotopic (exact) mass is 567 g/mol. The Hall–Kier alpha value is -3.86. The summed E-state index contributed by atoms with van der Waals surface area (Å²) >= 11 is 6.04. The molecule has 4 unspecified atom stereocenters. The van der Waals surface area contributed by atoms with Crippen molar-refractivity contribution in [3.05, 3.63) is 63.4 Å². The molecule has 5 rings (SSSR count). The highest BCUT2D eigenvalue weighted by Crippen LogP contribution is 2.54. The van der Waals surface area contributed by atoms with Crippen LogP contribution in [0, 0.1) is 11.8 Å². The molecule has 11 heteroatoms. The van der Waals surface area contributed by atoms with Crippen molar-refractivity contribution in [3.63, 3.8) is 0 Å². The van der Waals surface area contributed by atoms with E-state index in [2.05, 4.69) is 0 Å². The number of Topliss-reactive ketones (excluding diaryl/α,β-unsaturated/α-hetero) is 2. The summed E-state index contributed by atoms with van der Waals surface area (Å²) in [5.74, 6) is -6.80. The highest BCUT2D eigenvalue weighted by molar-refractivity contribution is 6.30. The number of carbonyl (C=O) groups excluding carboxylic acids is 3. The maximum absolute atomic E-state index is 14.1. The minimum Gasteiger partial charge on any atom is -0.508 e. The molecule has 3 aliphatic rings. The highest BCUT2D eigenvalue weighted by Gasteiger charge is 2.64. The number of likely N-dealkylation sites (N-methyl/N-ethyl adjacent to an activating group) is 1. The minimum atomic E-state index is -2.68. The van der Waals surface area contributed by atoms with Crippen LogP contribution in [-0.2, 0) is 20.8 Å². The third-order valence-electron chi connectivity index (χ3n) is 8.33. The molecule has 2 aromatic carbocycles. The fourth-order valence-corrected chi connectivity index (χ4v) is 6.67. The molecule has 0 aromatic heterocycles. The van der Waals surface area contributed by atoms with E-state index in [0.29, 0.717) is 27.4 Å². The first-order chi connectivity index (χ1) is 18.7. The normalized spacial score (nSPS) is 26.0. The first-order valence-electron chi connectivity index (χ1n) is 12.7. The highest BCUT2D eigenvalue weighted by atomic mass is 35.5. The molecule has 10 nitrogen and oxygen atoms in total. The number of benzene rings is 2. The number of phenolic OH excluding ortho intramolecular Hbond substituents is 1. The zero-order chi connectivity index (χ0) is 29.4. The van der Waals surface area contributed by atoms with E-state index < -0.39 is 58.0 Å². The van der Waals surface area contributed by atoms with Crippen LogP contribution in [0.4, 0.5) is 5.69 Å². The maximum atomic E-state index is 14.1. The Morgan fingerprint density at radius 2 is 1.70 bits per heavy atom. The molecule has 0 radical (unpaired) electrons. The van der Waals surface area contributed by atoms with Gasteiger partial charge >= 0.3 is 0 Å². The van der Waals surface area contributed by atoms with E-state index in [1.54, 1.807) is 44.4 Å². The molecule has 3 aliphatic carbocycles. The molecular formula is C29H30ClN3O7. The maximum Gasteiger partial charge on any atom is 0.255 e. The molecule has 40 heavy (non-hydrogen) atoms. The topological polar surface area (TPSA) is 165 Å². The molecule has 0 spiro atoms. The largest absolute Gasteiger partial charge is 0.508 e. The number of primary amides is 1. The van der Waals surface area contributed by atoms with Crippen LogP contribution < -0.4 is 10.6 Å². The zero-order valence-corrected chi connectivity index (χ0v) is 23.2. The van der Waals surface area contributed by atoms with Crippen molar-refractivity contribution >= 4 is 40.5 Å². The Morgan fingerprint density at radius 1 is 1.07 bits per heavy atom. The molecular weight excluding hydrogens is 538 g/mol. The number of nitrogens with zero attached hydrogens (tertiary/aromatic N) is 2. The Morgan fingerprint density at radius 3 is 2.25 bits per heavy atom. The van der Waals surface area contributed by atoms with Crippen molar-refractivity contribution in [3.8, 4) is 16.9 Å². The van der Waals surface area contributed by atoms with Gasteiger partial charge in [-0.1, -0.05) is 23.7 Å². The second-order valence-electron chi connectivity index (χ2n) is 11.0. The number of halogens is 1. The number of carbonyl (C=O) groups is 3. The van der Waals surface area contributed by atoms with Crippen LogP contribution in [-0.4, -0.2) is 82.6 Å². The number of rotatable bonds is 4. The molecule has 0 aliphatic heterocycles. The standard InChI is InChI=1S/C29H30ClN3O7/c1-32(2)18-11-15(12-5-7-14(30)8-6-12)23(34)20-16(18)9-13-10-17-22(33(3)4)25(36)21(28(31)39)27(38)29(17,40)26(37)19(13)24(20)35/h5-8,11,13,17,22,34-35,38,40H,9-10H2,1-4H3,(H2,31,39). The molecule has 6 N–H and O–H groups in total. The van der Waals surface area contributed by atoms with Gasteiger partial charge in [0.05, 0.1) is 11.6 Å². The summed E-state index contributed by atoms with van der Waals surface area (Å²) in [5, 5.41) is 46.3. The SMILES string of the molecule is CN(C)c1cc(-c2ccc(Cl)cc2)c(O)c2c1CC1CC3C(N(C)C)C(=O)C(C(N)=O)=C(O)C3(O)C(=O)C1=C2O. The van der Waals surface area contributed by atoms with E-state index in [4.69, 9.17) is 17.3 Å². The predicted octanol–water partition coefficient (Wildman–Crippen LogP) is 2.35. The number of hydrogen-bond donors (Lipinski definition) is 5. The second kappa shape index (κ2) is 9.36. The van der Waals surface area contributed by atoms with Gasteiger partial charge in [-0.25, -0.2) is 0 Å². The van der Waals surface area contributed by atoms with Crippen molar-refractivity contribution in [1.82, 2.24) is 4.90 Å². The van der Waals surface area contributed by atoms with Crippen LogP contribution in [0.1, 0.15) is 17.5 Å². The van der Waals surface area contributed by atoms with Gasteiger partial charge in [-0.05, 0) is 62.2 Å². The van der Waals surface area contributed by atoms with E-state index >= 15 is 0 Å².